The van der Waals surface area contributed by atoms with Crippen molar-refractivity contribution >= 4 is 17.7 Å². The summed E-state index contributed by atoms with van der Waals surface area (Å²) in [5.41, 5.74) is 0.320. The Hall–Kier alpha value is -2.42. The van der Waals surface area contributed by atoms with Crippen molar-refractivity contribution in [2.24, 2.45) is 0 Å². The number of aromatic nitrogens is 4. The summed E-state index contributed by atoms with van der Waals surface area (Å²) in [4.78, 5) is 44.0. The summed E-state index contributed by atoms with van der Waals surface area (Å²) >= 11 is 1.48. The molecule has 3 rings (SSSR count). The van der Waals surface area contributed by atoms with Crippen molar-refractivity contribution < 1.29 is 4.79 Å². The van der Waals surface area contributed by atoms with Gasteiger partial charge >= 0.3 is 0 Å². The predicted octanol–water partition coefficient (Wildman–Crippen LogP) is -0.0383. The number of hydrogen-bond donors (Lipinski definition) is 1. The maximum atomic E-state index is 12.2. The molecule has 0 saturated carbocycles. The number of nitrogens with zero attached hydrogens (tertiary/aromatic N) is 4. The van der Waals surface area contributed by atoms with Gasteiger partial charge < -0.3 is 5.32 Å². The molecule has 8 nitrogen and oxygen atoms in total. The van der Waals surface area contributed by atoms with Crippen molar-refractivity contribution in [2.75, 3.05) is 12.3 Å². The molecule has 9 heteroatoms. The van der Waals surface area contributed by atoms with Crippen LogP contribution < -0.4 is 16.4 Å². The van der Waals surface area contributed by atoms with Gasteiger partial charge in [-0.25, -0.2) is 9.97 Å². The molecule has 1 atom stereocenters. The van der Waals surface area contributed by atoms with Gasteiger partial charge in [0.25, 0.3) is 11.1 Å². The van der Waals surface area contributed by atoms with Gasteiger partial charge in [-0.15, -0.1) is 0 Å². The van der Waals surface area contributed by atoms with Gasteiger partial charge in [0.15, 0.2) is 5.16 Å². The minimum Gasteiger partial charge on any atom is -0.354 e. The summed E-state index contributed by atoms with van der Waals surface area (Å²) in [5.74, 6) is 0.500. The van der Waals surface area contributed by atoms with E-state index in [9.17, 15) is 14.4 Å². The van der Waals surface area contributed by atoms with E-state index < -0.39 is 0 Å². The summed E-state index contributed by atoms with van der Waals surface area (Å²) in [5, 5.41) is 3.44. The molecule has 0 aliphatic carbocycles. The molecule has 1 amide bonds. The zero-order valence-electron chi connectivity index (χ0n) is 13.1. The fraction of sp³-hybridized carbons (Fsp3) is 0.400. The van der Waals surface area contributed by atoms with Crippen LogP contribution in [0.3, 0.4) is 0 Å². The van der Waals surface area contributed by atoms with E-state index in [2.05, 4.69) is 15.3 Å². The van der Waals surface area contributed by atoms with Crippen LogP contribution in [0.25, 0.3) is 0 Å². The van der Waals surface area contributed by atoms with Crippen LogP contribution in [0, 0.1) is 6.92 Å². The van der Waals surface area contributed by atoms with Crippen LogP contribution in [0.4, 0.5) is 0 Å². The third kappa shape index (κ3) is 3.40. The molecule has 2 aromatic rings. The minimum absolute atomic E-state index is 0.0929. The Morgan fingerprint density at radius 3 is 3.08 bits per heavy atom. The lowest BCUT2D eigenvalue weighted by atomic mass is 10.2. The number of hydrogen-bond acceptors (Lipinski definition) is 6. The largest absolute Gasteiger partial charge is 0.354 e. The number of aryl methyl sites for hydroxylation is 1. The van der Waals surface area contributed by atoms with E-state index in [0.717, 1.165) is 0 Å². The van der Waals surface area contributed by atoms with E-state index in [0.29, 0.717) is 29.6 Å². The molecular formula is C15H17N5O3S. The highest BCUT2D eigenvalue weighted by molar-refractivity contribution is 7.99. The van der Waals surface area contributed by atoms with Gasteiger partial charge in [-0.2, -0.15) is 0 Å². The molecular weight excluding hydrogens is 330 g/mol. The molecule has 2 aromatic heterocycles. The summed E-state index contributed by atoms with van der Waals surface area (Å²) < 4.78 is 3.03. The summed E-state index contributed by atoms with van der Waals surface area (Å²) in [6, 6.07) is 1.18. The number of fused-ring (bicyclic) bond motifs is 1. The maximum Gasteiger partial charge on any atom is 0.257 e. The van der Waals surface area contributed by atoms with Gasteiger partial charge in [0.2, 0.25) is 5.91 Å². The average Bonchev–Trinajstić information content (AvgIpc) is 2.96. The number of amides is 1. The first kappa shape index (κ1) is 16.4. The number of rotatable bonds is 5. The fourth-order valence-corrected chi connectivity index (χ4v) is 3.63. The standard InChI is InChI=1S/C15H17N5O3S/c1-10-7-18-15-20(14(10)23)11(8-24-15)6-12(21)17-4-5-19-9-16-3-2-13(19)22/h2-3,7,9,11H,4-6,8H2,1H3,(H,17,21). The van der Waals surface area contributed by atoms with E-state index in [1.165, 1.54) is 34.9 Å². The Kier molecular flexibility index (Phi) is 4.79. The molecule has 1 aliphatic heterocycles. The Morgan fingerprint density at radius 2 is 2.29 bits per heavy atom. The van der Waals surface area contributed by atoms with Gasteiger partial charge in [-0.3, -0.25) is 23.5 Å². The minimum atomic E-state index is -0.189. The third-order valence-corrected chi connectivity index (χ3v) is 4.90. The second kappa shape index (κ2) is 7.00. The lowest BCUT2D eigenvalue weighted by Gasteiger charge is -2.13. The number of nitrogens with one attached hydrogen (secondary N) is 1. The molecule has 0 aromatic carbocycles. The SMILES string of the molecule is Cc1cnc2n(c1=O)C(CC(=O)NCCn1cnccc1=O)CS2. The maximum absolute atomic E-state index is 12.2. The van der Waals surface area contributed by atoms with Crippen molar-refractivity contribution in [3.63, 3.8) is 0 Å². The predicted molar refractivity (Wildman–Crippen MR) is 89.1 cm³/mol. The van der Waals surface area contributed by atoms with Crippen LogP contribution in [0.15, 0.2) is 39.5 Å². The summed E-state index contributed by atoms with van der Waals surface area (Å²) in [6.07, 6.45) is 4.65. The van der Waals surface area contributed by atoms with Gasteiger partial charge in [-0.05, 0) is 6.92 Å². The van der Waals surface area contributed by atoms with Gasteiger partial charge in [-0.1, -0.05) is 11.8 Å². The third-order valence-electron chi connectivity index (χ3n) is 3.79. The molecule has 126 valence electrons. The Labute approximate surface area is 141 Å². The van der Waals surface area contributed by atoms with E-state index in [4.69, 9.17) is 0 Å². The van der Waals surface area contributed by atoms with E-state index in [-0.39, 0.29) is 29.5 Å². The molecule has 1 aliphatic rings. The number of thioether (sulfide) groups is 1. The number of carbonyl (C=O) groups excluding carboxylic acids is 1. The molecule has 1 N–H and O–H groups in total. The van der Waals surface area contributed by atoms with E-state index in [1.54, 1.807) is 17.7 Å². The van der Waals surface area contributed by atoms with Crippen LogP contribution in [0.1, 0.15) is 18.0 Å². The molecule has 24 heavy (non-hydrogen) atoms. The number of carbonyl (C=O) groups is 1. The highest BCUT2D eigenvalue weighted by atomic mass is 32.2. The highest BCUT2D eigenvalue weighted by Crippen LogP contribution is 2.31. The first-order valence-corrected chi connectivity index (χ1v) is 8.53. The van der Waals surface area contributed by atoms with Crippen LogP contribution in [0.5, 0.6) is 0 Å². The van der Waals surface area contributed by atoms with E-state index in [1.807, 2.05) is 0 Å². The summed E-state index contributed by atoms with van der Waals surface area (Å²) in [6.45, 7) is 2.40. The van der Waals surface area contributed by atoms with Crippen molar-refractivity contribution in [1.82, 2.24) is 24.4 Å². The first-order valence-electron chi connectivity index (χ1n) is 7.54. The second-order valence-corrected chi connectivity index (χ2v) is 6.52. The Balaban J connectivity index is 1.58. The van der Waals surface area contributed by atoms with Crippen molar-refractivity contribution in [3.05, 3.63) is 51.1 Å². The quantitative estimate of drug-likeness (QED) is 0.762. The second-order valence-electron chi connectivity index (χ2n) is 5.53. The molecule has 0 fully saturated rings. The molecule has 3 heterocycles. The van der Waals surface area contributed by atoms with Crippen LogP contribution in [-0.4, -0.2) is 37.3 Å². The average molecular weight is 347 g/mol. The zero-order chi connectivity index (χ0) is 17.1. The Bertz CT molecular complexity index is 876. The van der Waals surface area contributed by atoms with Gasteiger partial charge in [0.05, 0.1) is 12.4 Å². The van der Waals surface area contributed by atoms with Gasteiger partial charge in [0.1, 0.15) is 0 Å². The normalized spacial score (nSPS) is 16.0. The molecule has 0 saturated heterocycles. The first-order chi connectivity index (χ1) is 11.6. The van der Waals surface area contributed by atoms with Crippen molar-refractivity contribution in [3.8, 4) is 0 Å². The molecule has 1 unspecified atom stereocenters. The topological polar surface area (TPSA) is 98.9 Å². The lowest BCUT2D eigenvalue weighted by Crippen LogP contribution is -2.34. The van der Waals surface area contributed by atoms with Crippen LogP contribution in [-0.2, 0) is 11.3 Å². The molecule has 0 bridgehead atoms. The van der Waals surface area contributed by atoms with Gasteiger partial charge in [0, 0.05) is 49.3 Å². The van der Waals surface area contributed by atoms with E-state index >= 15 is 0 Å². The smallest absolute Gasteiger partial charge is 0.257 e. The fourth-order valence-electron chi connectivity index (χ4n) is 2.52. The van der Waals surface area contributed by atoms with Crippen molar-refractivity contribution in [2.45, 2.75) is 31.1 Å². The Morgan fingerprint density at radius 1 is 1.46 bits per heavy atom. The van der Waals surface area contributed by atoms with Crippen molar-refractivity contribution in [1.29, 1.82) is 0 Å². The molecule has 0 spiro atoms. The summed E-state index contributed by atoms with van der Waals surface area (Å²) in [7, 11) is 0. The lowest BCUT2D eigenvalue weighted by molar-refractivity contribution is -0.121. The zero-order valence-corrected chi connectivity index (χ0v) is 14.0. The van der Waals surface area contributed by atoms with Crippen LogP contribution in [0.2, 0.25) is 0 Å². The van der Waals surface area contributed by atoms with Crippen LogP contribution >= 0.6 is 11.8 Å². The monoisotopic (exact) mass is 347 g/mol. The highest BCUT2D eigenvalue weighted by Gasteiger charge is 2.27. The molecule has 0 radical (unpaired) electrons.